The molecule has 3 rings (SSSR count). The fourth-order valence-electron chi connectivity index (χ4n) is 3.22. The number of aryl methyl sites for hydroxylation is 1. The molecule has 0 aliphatic carbocycles. The van der Waals surface area contributed by atoms with E-state index in [4.69, 9.17) is 0 Å². The zero-order valence-corrected chi connectivity index (χ0v) is 16.3. The molecule has 1 nitrogen and oxygen atoms in total. The Balaban J connectivity index is 0.000000855. The van der Waals surface area contributed by atoms with Crippen LogP contribution >= 0.6 is 11.6 Å². The second-order valence-electron chi connectivity index (χ2n) is 6.12. The molecule has 0 aromatic heterocycles. The topological polar surface area (TPSA) is 17.1 Å². The van der Waals surface area contributed by atoms with Crippen LogP contribution in [-0.2, 0) is 19.0 Å². The molecular formula is C20H22BClF4O. The van der Waals surface area contributed by atoms with Gasteiger partial charge in [0.1, 0.15) is 0 Å². The standard InChI is InChI=1S/C18H16BF3O.CH3Cl.CH3F/c1-19-9-8-13-7-6-12(10-16(13)19)11-17(23)14-4-2-3-5-15(14)18(20,21)22;2*1-2/h2-7,10H,8-9,11H2,1H3;2*1H3. The van der Waals surface area contributed by atoms with Gasteiger partial charge in [0.15, 0.2) is 12.5 Å². The van der Waals surface area contributed by atoms with E-state index in [1.807, 2.05) is 18.2 Å². The van der Waals surface area contributed by atoms with E-state index in [1.165, 1.54) is 35.6 Å². The number of hydrogen-bond donors (Lipinski definition) is 0. The average Bonchev–Trinajstić information content (AvgIpc) is 3.05. The maximum Gasteiger partial charge on any atom is 0.417 e. The highest BCUT2D eigenvalue weighted by Gasteiger charge is 2.34. The van der Waals surface area contributed by atoms with Gasteiger partial charge < -0.3 is 0 Å². The van der Waals surface area contributed by atoms with Gasteiger partial charge in [0.2, 0.25) is 0 Å². The number of carbonyl (C=O) groups is 1. The van der Waals surface area contributed by atoms with Crippen LogP contribution in [0.1, 0.15) is 27.0 Å². The van der Waals surface area contributed by atoms with E-state index < -0.39 is 17.5 Å². The van der Waals surface area contributed by atoms with E-state index in [0.29, 0.717) is 13.9 Å². The highest BCUT2D eigenvalue weighted by Crippen LogP contribution is 2.32. The molecule has 0 saturated carbocycles. The van der Waals surface area contributed by atoms with Crippen molar-refractivity contribution >= 4 is 29.6 Å². The van der Waals surface area contributed by atoms with E-state index in [2.05, 4.69) is 18.4 Å². The number of carbonyl (C=O) groups excluding carboxylic acids is 1. The number of alkyl halides is 5. The molecule has 2 aromatic carbocycles. The average molecular weight is 401 g/mol. The number of halogens is 5. The Hall–Kier alpha value is -1.82. The SMILES string of the molecule is CB1CCc2ccc(CC(=O)c3ccccc3C(F)(F)F)cc21.CCl.CF. The Morgan fingerprint density at radius 1 is 1.11 bits per heavy atom. The minimum atomic E-state index is -4.52. The van der Waals surface area contributed by atoms with Gasteiger partial charge >= 0.3 is 6.18 Å². The molecule has 0 fully saturated rings. The zero-order valence-electron chi connectivity index (χ0n) is 15.5. The van der Waals surface area contributed by atoms with Crippen molar-refractivity contribution in [2.75, 3.05) is 13.6 Å². The van der Waals surface area contributed by atoms with Gasteiger partial charge in [-0.15, -0.1) is 11.6 Å². The van der Waals surface area contributed by atoms with Crippen LogP contribution in [0.25, 0.3) is 0 Å². The lowest BCUT2D eigenvalue weighted by Crippen LogP contribution is -2.23. The molecule has 0 atom stereocenters. The summed E-state index contributed by atoms with van der Waals surface area (Å²) in [5, 5.41) is 0. The van der Waals surface area contributed by atoms with Crippen LogP contribution in [0, 0.1) is 0 Å². The van der Waals surface area contributed by atoms with Gasteiger partial charge in [-0.1, -0.05) is 60.6 Å². The molecule has 2 aromatic rings. The van der Waals surface area contributed by atoms with E-state index in [1.54, 1.807) is 0 Å². The Morgan fingerprint density at radius 2 is 1.74 bits per heavy atom. The quantitative estimate of drug-likeness (QED) is 0.289. The normalized spacial score (nSPS) is 12.4. The minimum Gasteiger partial charge on any atom is -0.294 e. The van der Waals surface area contributed by atoms with Crippen LogP contribution < -0.4 is 5.46 Å². The first-order chi connectivity index (χ1) is 12.9. The summed E-state index contributed by atoms with van der Waals surface area (Å²) in [7, 11) is 0.500. The predicted molar refractivity (Wildman–Crippen MR) is 104 cm³/mol. The molecule has 0 bridgehead atoms. The number of Topliss-reactive ketones (excluding diaryl/α,β-unsaturated/α-hetero) is 1. The third-order valence-corrected chi connectivity index (χ3v) is 4.49. The van der Waals surface area contributed by atoms with Crippen LogP contribution in [0.3, 0.4) is 0 Å². The second kappa shape index (κ2) is 10.5. The predicted octanol–water partition coefficient (Wildman–Crippen LogP) is 5.46. The first-order valence-electron chi connectivity index (χ1n) is 8.43. The third-order valence-electron chi connectivity index (χ3n) is 4.49. The lowest BCUT2D eigenvalue weighted by Gasteiger charge is -2.12. The van der Waals surface area contributed by atoms with Gasteiger partial charge in [0.25, 0.3) is 0 Å². The summed E-state index contributed by atoms with van der Waals surface area (Å²) in [5.41, 5.74) is 2.16. The van der Waals surface area contributed by atoms with Crippen LogP contribution in [0.2, 0.25) is 13.1 Å². The zero-order chi connectivity index (χ0) is 20.6. The molecule has 0 N–H and O–H groups in total. The summed E-state index contributed by atoms with van der Waals surface area (Å²) in [6.07, 6.45) is -0.933. The Labute approximate surface area is 162 Å². The first-order valence-corrected chi connectivity index (χ1v) is 9.18. The number of rotatable bonds is 3. The largest absolute Gasteiger partial charge is 0.417 e. The Bertz CT molecular complexity index is 762. The molecule has 1 aliphatic rings. The summed E-state index contributed by atoms with van der Waals surface area (Å²) in [5.74, 6) is -0.497. The van der Waals surface area contributed by atoms with Crippen molar-refractivity contribution in [1.29, 1.82) is 0 Å². The molecule has 27 heavy (non-hydrogen) atoms. The molecule has 1 heterocycles. The van der Waals surface area contributed by atoms with Gasteiger partial charge in [0.05, 0.1) is 12.7 Å². The highest BCUT2D eigenvalue weighted by atomic mass is 35.5. The number of fused-ring (bicyclic) bond motifs is 1. The summed E-state index contributed by atoms with van der Waals surface area (Å²) in [6, 6.07) is 10.8. The minimum absolute atomic E-state index is 0.00685. The molecule has 0 spiro atoms. The Kier molecular flexibility index (Phi) is 9.03. The number of hydrogen-bond acceptors (Lipinski definition) is 1. The molecule has 146 valence electrons. The van der Waals surface area contributed by atoms with Crippen LogP contribution in [0.5, 0.6) is 0 Å². The monoisotopic (exact) mass is 400 g/mol. The van der Waals surface area contributed by atoms with E-state index in [9.17, 15) is 22.4 Å². The van der Waals surface area contributed by atoms with Crippen molar-refractivity contribution < 1.29 is 22.4 Å². The second-order valence-corrected chi connectivity index (χ2v) is 6.12. The summed E-state index contributed by atoms with van der Waals surface area (Å²) in [6.45, 7) is 2.58. The highest BCUT2D eigenvalue weighted by molar-refractivity contribution is 6.73. The molecule has 0 saturated heterocycles. The van der Waals surface area contributed by atoms with Gasteiger partial charge in [-0.3, -0.25) is 9.18 Å². The smallest absolute Gasteiger partial charge is 0.294 e. The lowest BCUT2D eigenvalue weighted by molar-refractivity contribution is -0.137. The van der Waals surface area contributed by atoms with Gasteiger partial charge in [0, 0.05) is 18.4 Å². The molecular weight excluding hydrogens is 378 g/mol. The number of ketones is 1. The summed E-state index contributed by atoms with van der Waals surface area (Å²) >= 11 is 4.64. The third kappa shape index (κ3) is 5.83. The molecule has 0 amide bonds. The Morgan fingerprint density at radius 3 is 2.37 bits per heavy atom. The fraction of sp³-hybridized carbons (Fsp3) is 0.350. The molecule has 0 unspecified atom stereocenters. The fourth-order valence-corrected chi connectivity index (χ4v) is 3.22. The molecule has 7 heteroatoms. The van der Waals surface area contributed by atoms with Gasteiger partial charge in [-0.05, 0) is 18.1 Å². The van der Waals surface area contributed by atoms with Crippen LogP contribution in [0.15, 0.2) is 42.5 Å². The summed E-state index contributed by atoms with van der Waals surface area (Å²) < 4.78 is 48.6. The molecule has 1 aliphatic heterocycles. The van der Waals surface area contributed by atoms with Gasteiger partial charge in [-0.2, -0.15) is 13.2 Å². The van der Waals surface area contributed by atoms with Crippen LogP contribution in [0.4, 0.5) is 17.6 Å². The number of benzene rings is 2. The maximum absolute atomic E-state index is 13.0. The molecule has 0 radical (unpaired) electrons. The van der Waals surface area contributed by atoms with Crippen molar-refractivity contribution in [3.63, 3.8) is 0 Å². The maximum atomic E-state index is 13.0. The first kappa shape index (κ1) is 23.2. The van der Waals surface area contributed by atoms with Crippen molar-refractivity contribution in [3.8, 4) is 0 Å². The lowest BCUT2D eigenvalue weighted by atomic mass is 9.48. The summed E-state index contributed by atoms with van der Waals surface area (Å²) in [4.78, 5) is 12.4. The van der Waals surface area contributed by atoms with E-state index in [0.717, 1.165) is 24.4 Å². The van der Waals surface area contributed by atoms with Crippen molar-refractivity contribution in [2.24, 2.45) is 0 Å². The van der Waals surface area contributed by atoms with Crippen molar-refractivity contribution in [1.82, 2.24) is 0 Å². The van der Waals surface area contributed by atoms with Crippen LogP contribution in [-0.4, -0.2) is 26.1 Å². The van der Waals surface area contributed by atoms with E-state index in [-0.39, 0.29) is 12.0 Å². The van der Waals surface area contributed by atoms with Gasteiger partial charge in [-0.25, -0.2) is 0 Å². The van der Waals surface area contributed by atoms with Crippen molar-refractivity contribution in [2.45, 2.75) is 32.2 Å². The van der Waals surface area contributed by atoms with Crippen molar-refractivity contribution in [3.05, 3.63) is 64.7 Å². The van der Waals surface area contributed by atoms with E-state index >= 15 is 0 Å².